The lowest BCUT2D eigenvalue weighted by atomic mass is 9.69. The highest BCUT2D eigenvalue weighted by molar-refractivity contribution is 5.88. The summed E-state index contributed by atoms with van der Waals surface area (Å²) < 4.78 is 5.01. The molecule has 1 amide bonds. The van der Waals surface area contributed by atoms with Crippen LogP contribution in [0.4, 0.5) is 0 Å². The van der Waals surface area contributed by atoms with Crippen LogP contribution in [-0.2, 0) is 9.53 Å². The number of ether oxygens (including phenoxy) is 1. The van der Waals surface area contributed by atoms with Crippen molar-refractivity contribution in [3.63, 3.8) is 0 Å². The number of hydrogen-bond donors (Lipinski definition) is 1. The van der Waals surface area contributed by atoms with Gasteiger partial charge in [-0.2, -0.15) is 0 Å². The van der Waals surface area contributed by atoms with Crippen LogP contribution in [0.25, 0.3) is 0 Å². The maximum absolute atomic E-state index is 11.9. The van der Waals surface area contributed by atoms with E-state index in [0.717, 1.165) is 12.3 Å². The van der Waals surface area contributed by atoms with Gasteiger partial charge in [0.15, 0.2) is 0 Å². The van der Waals surface area contributed by atoms with E-state index in [0.29, 0.717) is 17.2 Å². The van der Waals surface area contributed by atoms with Crippen LogP contribution < -0.4 is 5.32 Å². The molecule has 2 aliphatic carbocycles. The van der Waals surface area contributed by atoms with Crippen LogP contribution in [0.15, 0.2) is 11.8 Å². The van der Waals surface area contributed by atoms with Crippen LogP contribution in [0.5, 0.6) is 0 Å². The second-order valence-electron chi connectivity index (χ2n) is 6.63. The molecule has 3 unspecified atom stereocenters. The lowest BCUT2D eigenvalue weighted by Gasteiger charge is -2.39. The molecule has 2 fully saturated rings. The van der Waals surface area contributed by atoms with E-state index in [1.165, 1.54) is 12.8 Å². The summed E-state index contributed by atoms with van der Waals surface area (Å²) in [7, 11) is 1.58. The summed E-state index contributed by atoms with van der Waals surface area (Å²) in [5.41, 5.74) is 0.576. The highest BCUT2D eigenvalue weighted by atomic mass is 16.5. The molecule has 3 heteroatoms. The fourth-order valence-corrected chi connectivity index (χ4v) is 3.88. The molecular formula is C15H25NO2. The van der Waals surface area contributed by atoms with Crippen LogP contribution in [0.3, 0.4) is 0 Å². The molecule has 3 atom stereocenters. The standard InChI is InChI=1S/C15H25NO2/c1-10(18-5)8-13(17)16-12-9-11-6-7-15(12,4)14(11,2)3/h8,11-12H,6-7,9H2,1-5H3,(H,16,17). The van der Waals surface area contributed by atoms with Crippen molar-refractivity contribution in [1.29, 1.82) is 0 Å². The molecule has 2 rings (SSSR count). The molecule has 0 aliphatic heterocycles. The Morgan fingerprint density at radius 3 is 2.50 bits per heavy atom. The van der Waals surface area contributed by atoms with Crippen LogP contribution in [0, 0.1) is 16.7 Å². The molecule has 0 aromatic rings. The molecule has 0 radical (unpaired) electrons. The number of carbonyl (C=O) groups excluding carboxylic acids is 1. The normalized spacial score (nSPS) is 37.7. The highest BCUT2D eigenvalue weighted by Gasteiger charge is 2.61. The minimum absolute atomic E-state index is 0.0241. The average Bonchev–Trinajstić information content (AvgIpc) is 2.61. The quantitative estimate of drug-likeness (QED) is 0.618. The number of methoxy groups -OCH3 is 1. The Labute approximate surface area is 110 Å². The van der Waals surface area contributed by atoms with E-state index in [2.05, 4.69) is 26.1 Å². The van der Waals surface area contributed by atoms with Crippen molar-refractivity contribution >= 4 is 5.91 Å². The largest absolute Gasteiger partial charge is 0.501 e. The molecule has 0 spiro atoms. The Kier molecular flexibility index (Phi) is 3.20. The molecule has 0 aromatic heterocycles. The van der Waals surface area contributed by atoms with Gasteiger partial charge in [-0.25, -0.2) is 0 Å². The van der Waals surface area contributed by atoms with Crippen LogP contribution in [0.2, 0.25) is 0 Å². The third-order valence-electron chi connectivity index (χ3n) is 5.77. The van der Waals surface area contributed by atoms with Crippen molar-refractivity contribution < 1.29 is 9.53 Å². The van der Waals surface area contributed by atoms with E-state index in [1.54, 1.807) is 20.1 Å². The molecule has 0 heterocycles. The maximum Gasteiger partial charge on any atom is 0.247 e. The van der Waals surface area contributed by atoms with Gasteiger partial charge in [0, 0.05) is 12.1 Å². The first-order valence-electron chi connectivity index (χ1n) is 6.84. The highest BCUT2D eigenvalue weighted by Crippen LogP contribution is 2.65. The summed E-state index contributed by atoms with van der Waals surface area (Å²) in [5, 5.41) is 3.18. The number of allylic oxidation sites excluding steroid dienone is 1. The molecule has 18 heavy (non-hydrogen) atoms. The Morgan fingerprint density at radius 2 is 2.06 bits per heavy atom. The van der Waals surface area contributed by atoms with Gasteiger partial charge in [-0.05, 0) is 42.9 Å². The second kappa shape index (κ2) is 4.29. The first kappa shape index (κ1) is 13.4. The van der Waals surface area contributed by atoms with Gasteiger partial charge in [0.25, 0.3) is 0 Å². The Hall–Kier alpha value is -0.990. The zero-order valence-corrected chi connectivity index (χ0v) is 12.2. The minimum Gasteiger partial charge on any atom is -0.501 e. The minimum atomic E-state index is -0.0241. The van der Waals surface area contributed by atoms with Crippen LogP contribution in [0.1, 0.15) is 47.0 Å². The molecule has 102 valence electrons. The van der Waals surface area contributed by atoms with E-state index in [1.807, 2.05) is 0 Å². The summed E-state index contributed by atoms with van der Waals surface area (Å²) in [6, 6.07) is 0.305. The number of amides is 1. The van der Waals surface area contributed by atoms with E-state index < -0.39 is 0 Å². The summed E-state index contributed by atoms with van der Waals surface area (Å²) >= 11 is 0. The first-order chi connectivity index (χ1) is 8.31. The summed E-state index contributed by atoms with van der Waals surface area (Å²) in [4.78, 5) is 11.9. The lowest BCUT2D eigenvalue weighted by Crippen LogP contribution is -2.46. The number of carbonyl (C=O) groups is 1. The average molecular weight is 251 g/mol. The van der Waals surface area contributed by atoms with Gasteiger partial charge >= 0.3 is 0 Å². The van der Waals surface area contributed by atoms with E-state index in [-0.39, 0.29) is 11.3 Å². The van der Waals surface area contributed by atoms with Gasteiger partial charge in [-0.15, -0.1) is 0 Å². The monoisotopic (exact) mass is 251 g/mol. The van der Waals surface area contributed by atoms with Crippen molar-refractivity contribution in [3.8, 4) is 0 Å². The second-order valence-corrected chi connectivity index (χ2v) is 6.63. The summed E-state index contributed by atoms with van der Waals surface area (Å²) in [6.07, 6.45) is 5.20. The van der Waals surface area contributed by atoms with E-state index >= 15 is 0 Å². The van der Waals surface area contributed by atoms with E-state index in [4.69, 9.17) is 4.74 Å². The third kappa shape index (κ3) is 1.84. The van der Waals surface area contributed by atoms with Gasteiger partial charge in [0.2, 0.25) is 5.91 Å². The van der Waals surface area contributed by atoms with Crippen molar-refractivity contribution in [2.75, 3.05) is 7.11 Å². The topological polar surface area (TPSA) is 38.3 Å². The number of rotatable bonds is 3. The van der Waals surface area contributed by atoms with Gasteiger partial charge in [0.1, 0.15) is 0 Å². The fraction of sp³-hybridized carbons (Fsp3) is 0.800. The Morgan fingerprint density at radius 1 is 1.39 bits per heavy atom. The lowest BCUT2D eigenvalue weighted by molar-refractivity contribution is -0.118. The Balaban J connectivity index is 2.07. The molecular weight excluding hydrogens is 226 g/mol. The zero-order valence-electron chi connectivity index (χ0n) is 12.2. The molecule has 0 aromatic carbocycles. The molecule has 2 bridgehead atoms. The summed E-state index contributed by atoms with van der Waals surface area (Å²) in [5.74, 6) is 1.38. The van der Waals surface area contributed by atoms with Gasteiger partial charge in [-0.1, -0.05) is 20.8 Å². The molecule has 2 saturated carbocycles. The summed E-state index contributed by atoms with van der Waals surface area (Å²) in [6.45, 7) is 8.84. The number of fused-ring (bicyclic) bond motifs is 2. The molecule has 2 aliphatic rings. The fourth-order valence-electron chi connectivity index (χ4n) is 3.88. The maximum atomic E-state index is 11.9. The number of hydrogen-bond acceptors (Lipinski definition) is 2. The Bertz CT molecular complexity index is 386. The van der Waals surface area contributed by atoms with Crippen molar-refractivity contribution in [1.82, 2.24) is 5.32 Å². The SMILES string of the molecule is COC(C)=CC(=O)NC1CC2CCC1(C)C2(C)C. The molecule has 0 saturated heterocycles. The van der Waals surface area contributed by atoms with Crippen molar-refractivity contribution in [2.24, 2.45) is 16.7 Å². The van der Waals surface area contributed by atoms with Crippen LogP contribution >= 0.6 is 0 Å². The zero-order chi connectivity index (χ0) is 13.6. The predicted molar refractivity (Wildman–Crippen MR) is 71.9 cm³/mol. The molecule has 3 nitrogen and oxygen atoms in total. The molecule has 1 N–H and O–H groups in total. The van der Waals surface area contributed by atoms with Gasteiger partial charge in [-0.3, -0.25) is 4.79 Å². The van der Waals surface area contributed by atoms with Crippen molar-refractivity contribution in [3.05, 3.63) is 11.8 Å². The predicted octanol–water partition coefficient (Wildman–Crippen LogP) is 2.87. The smallest absolute Gasteiger partial charge is 0.247 e. The third-order valence-corrected chi connectivity index (χ3v) is 5.77. The first-order valence-corrected chi connectivity index (χ1v) is 6.84. The van der Waals surface area contributed by atoms with E-state index in [9.17, 15) is 4.79 Å². The van der Waals surface area contributed by atoms with Crippen molar-refractivity contribution in [2.45, 2.75) is 53.0 Å². The van der Waals surface area contributed by atoms with Gasteiger partial charge in [0.05, 0.1) is 12.9 Å². The van der Waals surface area contributed by atoms with Gasteiger partial charge < -0.3 is 10.1 Å². The van der Waals surface area contributed by atoms with Crippen LogP contribution in [-0.4, -0.2) is 19.1 Å². The number of nitrogens with one attached hydrogen (secondary N) is 1.